The second-order valence-electron chi connectivity index (χ2n) is 6.40. The van der Waals surface area contributed by atoms with Crippen LogP contribution in [-0.4, -0.2) is 35.3 Å². The molecule has 3 atom stereocenters. The molecular formula is C15H19N5O. The molecule has 0 saturated heterocycles. The maximum Gasteiger partial charge on any atom is 0.179 e. The summed E-state index contributed by atoms with van der Waals surface area (Å²) >= 11 is 0. The predicted octanol–water partition coefficient (Wildman–Crippen LogP) is 2.26. The lowest BCUT2D eigenvalue weighted by atomic mass is 9.93. The number of fused-ring (bicyclic) bond motifs is 3. The maximum absolute atomic E-state index is 10.4. The maximum atomic E-state index is 10.4. The van der Waals surface area contributed by atoms with Crippen molar-refractivity contribution in [3.05, 3.63) is 24.3 Å². The van der Waals surface area contributed by atoms with E-state index in [-0.39, 0.29) is 5.92 Å². The quantitative estimate of drug-likeness (QED) is 0.757. The van der Waals surface area contributed by atoms with Crippen molar-refractivity contribution < 1.29 is 5.11 Å². The Hall–Kier alpha value is -1.95. The number of nitrogens with zero attached hydrogens (tertiary/aromatic N) is 4. The first kappa shape index (κ1) is 12.8. The van der Waals surface area contributed by atoms with Crippen molar-refractivity contribution in [2.45, 2.75) is 44.6 Å². The molecule has 2 N–H and O–H groups in total. The van der Waals surface area contributed by atoms with Gasteiger partial charge in [0.1, 0.15) is 5.82 Å². The molecule has 1 aliphatic rings. The fourth-order valence-electron chi connectivity index (χ4n) is 3.80. The molecule has 4 rings (SSSR count). The van der Waals surface area contributed by atoms with Crippen LogP contribution in [-0.2, 0) is 0 Å². The second-order valence-corrected chi connectivity index (χ2v) is 6.40. The first-order valence-corrected chi connectivity index (χ1v) is 7.48. The highest BCUT2D eigenvalue weighted by molar-refractivity contribution is 5.74. The zero-order valence-electron chi connectivity index (χ0n) is 12.2. The van der Waals surface area contributed by atoms with E-state index in [1.54, 1.807) is 6.20 Å². The molecule has 3 aromatic heterocycles. The smallest absolute Gasteiger partial charge is 0.179 e. The van der Waals surface area contributed by atoms with E-state index >= 15 is 0 Å². The molecule has 0 amide bonds. The summed E-state index contributed by atoms with van der Waals surface area (Å²) < 4.78 is 2.08. The number of nitrogens with one attached hydrogen (secondary N) is 1. The molecule has 3 unspecified atom stereocenters. The van der Waals surface area contributed by atoms with Gasteiger partial charge in [-0.15, -0.1) is 10.2 Å². The van der Waals surface area contributed by atoms with Crippen LogP contribution in [0.3, 0.4) is 0 Å². The van der Waals surface area contributed by atoms with Crippen LogP contribution in [0.5, 0.6) is 0 Å². The molecular weight excluding hydrogens is 266 g/mol. The van der Waals surface area contributed by atoms with Crippen molar-refractivity contribution in [1.29, 1.82) is 0 Å². The summed E-state index contributed by atoms with van der Waals surface area (Å²) in [4.78, 5) is 7.47. The van der Waals surface area contributed by atoms with Gasteiger partial charge >= 0.3 is 0 Å². The Morgan fingerprint density at radius 2 is 2.29 bits per heavy atom. The summed E-state index contributed by atoms with van der Waals surface area (Å²) in [6.45, 7) is 4.10. The van der Waals surface area contributed by atoms with Gasteiger partial charge < -0.3 is 10.1 Å². The van der Waals surface area contributed by atoms with E-state index in [0.717, 1.165) is 41.9 Å². The summed E-state index contributed by atoms with van der Waals surface area (Å²) in [6, 6.07) is 2.00. The van der Waals surface area contributed by atoms with Crippen LogP contribution in [0.4, 0.5) is 0 Å². The monoisotopic (exact) mass is 285 g/mol. The Bertz CT molecular complexity index is 803. The molecule has 0 bridgehead atoms. The summed E-state index contributed by atoms with van der Waals surface area (Å²) in [5.74, 6) is 1.62. The number of H-pyrrole nitrogens is 1. The zero-order chi connectivity index (χ0) is 14.6. The Morgan fingerprint density at radius 3 is 3.10 bits per heavy atom. The van der Waals surface area contributed by atoms with Crippen LogP contribution in [0.2, 0.25) is 0 Å². The lowest BCUT2D eigenvalue weighted by molar-refractivity contribution is 0.0624. The number of aliphatic hydroxyl groups is 1. The minimum Gasteiger partial charge on any atom is -0.390 e. The molecule has 1 aliphatic carbocycles. The lowest BCUT2D eigenvalue weighted by Crippen LogP contribution is -2.19. The van der Waals surface area contributed by atoms with Crippen LogP contribution < -0.4 is 0 Å². The van der Waals surface area contributed by atoms with Gasteiger partial charge in [-0.05, 0) is 31.7 Å². The van der Waals surface area contributed by atoms with Gasteiger partial charge in [0.15, 0.2) is 11.3 Å². The van der Waals surface area contributed by atoms with E-state index in [1.807, 2.05) is 19.2 Å². The third-order valence-electron chi connectivity index (χ3n) is 4.75. The van der Waals surface area contributed by atoms with E-state index in [1.165, 1.54) is 0 Å². The number of aromatic amines is 1. The van der Waals surface area contributed by atoms with E-state index in [2.05, 4.69) is 31.5 Å². The highest BCUT2D eigenvalue weighted by Crippen LogP contribution is 2.46. The van der Waals surface area contributed by atoms with Crippen molar-refractivity contribution in [2.75, 3.05) is 0 Å². The van der Waals surface area contributed by atoms with E-state index < -0.39 is 5.60 Å². The average molecular weight is 285 g/mol. The van der Waals surface area contributed by atoms with Gasteiger partial charge in [-0.3, -0.25) is 4.40 Å². The SMILES string of the molecule is CCC1CC(C)(O)CC1c1nnc2cnc3[nH]ccc3n12. The van der Waals surface area contributed by atoms with Crippen LogP contribution >= 0.6 is 0 Å². The van der Waals surface area contributed by atoms with Gasteiger partial charge in [0.05, 0.1) is 17.3 Å². The minimum atomic E-state index is -0.610. The van der Waals surface area contributed by atoms with Crippen molar-refractivity contribution in [1.82, 2.24) is 24.6 Å². The molecule has 0 aromatic carbocycles. The Kier molecular flexibility index (Phi) is 2.60. The molecule has 0 aliphatic heterocycles. The van der Waals surface area contributed by atoms with Gasteiger partial charge in [0.2, 0.25) is 0 Å². The van der Waals surface area contributed by atoms with Crippen molar-refractivity contribution in [3.8, 4) is 0 Å². The molecule has 3 heterocycles. The lowest BCUT2D eigenvalue weighted by Gasteiger charge is -2.16. The van der Waals surface area contributed by atoms with E-state index in [4.69, 9.17) is 0 Å². The normalized spacial score (nSPS) is 29.7. The molecule has 6 heteroatoms. The summed E-state index contributed by atoms with van der Waals surface area (Å²) in [5.41, 5.74) is 1.98. The van der Waals surface area contributed by atoms with Gasteiger partial charge in [0.25, 0.3) is 0 Å². The zero-order valence-corrected chi connectivity index (χ0v) is 12.2. The third-order valence-corrected chi connectivity index (χ3v) is 4.75. The molecule has 110 valence electrons. The summed E-state index contributed by atoms with van der Waals surface area (Å²) in [5, 5.41) is 19.1. The molecule has 0 radical (unpaired) electrons. The summed E-state index contributed by atoms with van der Waals surface area (Å²) in [7, 11) is 0. The Balaban J connectivity index is 1.92. The standard InChI is InChI=1S/C15H19N5O/c1-3-9-6-15(2,21)7-10(9)14-19-18-12-8-17-13-11(20(12)14)4-5-16-13/h4-5,8-10,16,21H,3,6-7H2,1-2H3. The minimum absolute atomic E-state index is 0.237. The third kappa shape index (κ3) is 1.86. The topological polar surface area (TPSA) is 79.1 Å². The predicted molar refractivity (Wildman–Crippen MR) is 79.0 cm³/mol. The van der Waals surface area contributed by atoms with Crippen LogP contribution in [0.15, 0.2) is 18.5 Å². The van der Waals surface area contributed by atoms with Crippen molar-refractivity contribution in [2.24, 2.45) is 5.92 Å². The highest BCUT2D eigenvalue weighted by Gasteiger charge is 2.42. The van der Waals surface area contributed by atoms with Gasteiger partial charge in [0, 0.05) is 12.1 Å². The molecule has 21 heavy (non-hydrogen) atoms. The molecule has 0 spiro atoms. The van der Waals surface area contributed by atoms with Gasteiger partial charge in [-0.25, -0.2) is 4.98 Å². The fourth-order valence-corrected chi connectivity index (χ4v) is 3.80. The van der Waals surface area contributed by atoms with Crippen molar-refractivity contribution in [3.63, 3.8) is 0 Å². The van der Waals surface area contributed by atoms with Crippen molar-refractivity contribution >= 4 is 16.8 Å². The first-order chi connectivity index (χ1) is 10.1. The highest BCUT2D eigenvalue weighted by atomic mass is 16.3. The summed E-state index contributed by atoms with van der Waals surface area (Å²) in [6.07, 6.45) is 6.22. The Morgan fingerprint density at radius 1 is 1.43 bits per heavy atom. The fraction of sp³-hybridized carbons (Fsp3) is 0.533. The largest absolute Gasteiger partial charge is 0.390 e. The molecule has 6 nitrogen and oxygen atoms in total. The van der Waals surface area contributed by atoms with Crippen LogP contribution in [0.1, 0.15) is 44.9 Å². The van der Waals surface area contributed by atoms with E-state index in [0.29, 0.717) is 5.92 Å². The second kappa shape index (κ2) is 4.27. The average Bonchev–Trinajstić information content (AvgIpc) is 3.12. The van der Waals surface area contributed by atoms with Crippen LogP contribution in [0, 0.1) is 5.92 Å². The first-order valence-electron chi connectivity index (χ1n) is 7.48. The van der Waals surface area contributed by atoms with Crippen LogP contribution in [0.25, 0.3) is 16.8 Å². The van der Waals surface area contributed by atoms with E-state index in [9.17, 15) is 5.11 Å². The number of rotatable bonds is 2. The number of hydrogen-bond donors (Lipinski definition) is 2. The molecule has 1 saturated carbocycles. The molecule has 3 aromatic rings. The Labute approximate surface area is 122 Å². The van der Waals surface area contributed by atoms with Gasteiger partial charge in [-0.2, -0.15) is 0 Å². The molecule has 1 fully saturated rings. The number of hydrogen-bond acceptors (Lipinski definition) is 4. The number of aromatic nitrogens is 5. The van der Waals surface area contributed by atoms with Gasteiger partial charge in [-0.1, -0.05) is 13.3 Å².